The van der Waals surface area contributed by atoms with Crippen LogP contribution in [0.2, 0.25) is 5.02 Å². The van der Waals surface area contributed by atoms with Crippen molar-refractivity contribution in [3.63, 3.8) is 0 Å². The Balaban J connectivity index is 2.50. The molecule has 0 aromatic heterocycles. The van der Waals surface area contributed by atoms with E-state index in [1.54, 1.807) is 18.2 Å². The molecule has 0 aliphatic heterocycles. The largest absolute Gasteiger partial charge is 0.350 e. The van der Waals surface area contributed by atoms with Crippen molar-refractivity contribution >= 4 is 33.4 Å². The number of carbonyl (C=O) groups excluding carboxylic acids is 1. The molecule has 19 heavy (non-hydrogen) atoms. The third-order valence-electron chi connectivity index (χ3n) is 2.97. The normalized spacial score (nSPS) is 12.5. The number of amides is 1. The molecule has 1 aromatic carbocycles. The summed E-state index contributed by atoms with van der Waals surface area (Å²) >= 11 is 9.23. The van der Waals surface area contributed by atoms with Crippen molar-refractivity contribution < 1.29 is 4.79 Å². The lowest BCUT2D eigenvalue weighted by molar-refractivity contribution is 0.0937. The second-order valence-corrected chi connectivity index (χ2v) is 6.61. The van der Waals surface area contributed by atoms with Crippen LogP contribution >= 0.6 is 27.5 Å². The van der Waals surface area contributed by atoms with Gasteiger partial charge in [-0.25, -0.2) is 0 Å². The summed E-state index contributed by atoms with van der Waals surface area (Å²) in [7, 11) is 0. The number of benzene rings is 1. The minimum absolute atomic E-state index is 0.0550. The van der Waals surface area contributed by atoms with Crippen LogP contribution in [0.1, 0.15) is 50.4 Å². The summed E-state index contributed by atoms with van der Waals surface area (Å²) in [6.45, 7) is 6.48. The third kappa shape index (κ3) is 5.96. The molecule has 1 amide bonds. The molecule has 4 heteroatoms. The van der Waals surface area contributed by atoms with Crippen molar-refractivity contribution in [2.24, 2.45) is 5.92 Å². The van der Waals surface area contributed by atoms with Gasteiger partial charge >= 0.3 is 0 Å². The number of carbonyl (C=O) groups is 1. The van der Waals surface area contributed by atoms with Gasteiger partial charge in [-0.05, 0) is 53.4 Å². The van der Waals surface area contributed by atoms with Gasteiger partial charge in [-0.1, -0.05) is 38.3 Å². The molecule has 106 valence electrons. The monoisotopic (exact) mass is 345 g/mol. The predicted octanol–water partition coefficient (Wildman–Crippen LogP) is 5.05. The van der Waals surface area contributed by atoms with Gasteiger partial charge in [0.25, 0.3) is 5.91 Å². The van der Waals surface area contributed by atoms with E-state index in [1.807, 2.05) is 6.92 Å². The average Bonchev–Trinajstić information content (AvgIpc) is 2.27. The first-order valence-electron chi connectivity index (χ1n) is 6.66. The zero-order valence-electron chi connectivity index (χ0n) is 11.7. The highest BCUT2D eigenvalue weighted by Crippen LogP contribution is 2.21. The molecule has 1 atom stereocenters. The van der Waals surface area contributed by atoms with E-state index in [0.717, 1.165) is 17.3 Å². The summed E-state index contributed by atoms with van der Waals surface area (Å²) < 4.78 is 0.729. The number of nitrogens with one attached hydrogen (secondary N) is 1. The predicted molar refractivity (Wildman–Crippen MR) is 84.8 cm³/mol. The van der Waals surface area contributed by atoms with Crippen molar-refractivity contribution in [2.75, 3.05) is 0 Å². The first-order valence-corrected chi connectivity index (χ1v) is 7.83. The number of hydrogen-bond donors (Lipinski definition) is 1. The van der Waals surface area contributed by atoms with Crippen LogP contribution in [0.5, 0.6) is 0 Å². The molecule has 0 heterocycles. The fourth-order valence-electron chi connectivity index (χ4n) is 1.88. The topological polar surface area (TPSA) is 29.1 Å². The summed E-state index contributed by atoms with van der Waals surface area (Å²) in [6, 6.07) is 5.39. The molecule has 0 saturated carbocycles. The molecule has 0 aliphatic rings. The Labute approximate surface area is 129 Å². The molecule has 1 N–H and O–H groups in total. The van der Waals surface area contributed by atoms with Crippen molar-refractivity contribution in [3.8, 4) is 0 Å². The Morgan fingerprint density at radius 3 is 2.58 bits per heavy atom. The Morgan fingerprint density at radius 1 is 1.32 bits per heavy atom. The second-order valence-electron chi connectivity index (χ2n) is 5.32. The zero-order valence-corrected chi connectivity index (χ0v) is 14.0. The van der Waals surface area contributed by atoms with E-state index in [9.17, 15) is 4.79 Å². The first kappa shape index (κ1) is 16.5. The van der Waals surface area contributed by atoms with Gasteiger partial charge in [0.2, 0.25) is 0 Å². The summed E-state index contributed by atoms with van der Waals surface area (Å²) in [5.74, 6) is 0.661. The number of halogens is 2. The Bertz CT molecular complexity index is 434. The summed E-state index contributed by atoms with van der Waals surface area (Å²) in [5.41, 5.74) is 0.625. The minimum atomic E-state index is -0.0550. The van der Waals surface area contributed by atoms with Crippen molar-refractivity contribution in [1.29, 1.82) is 0 Å². The van der Waals surface area contributed by atoms with Crippen molar-refractivity contribution in [2.45, 2.75) is 46.1 Å². The Kier molecular flexibility index (Phi) is 6.87. The van der Waals surface area contributed by atoms with Gasteiger partial charge in [0, 0.05) is 15.5 Å². The van der Waals surface area contributed by atoms with Crippen LogP contribution in [0.25, 0.3) is 0 Å². The third-order valence-corrected chi connectivity index (χ3v) is 3.86. The quantitative estimate of drug-likeness (QED) is 0.767. The molecule has 0 saturated heterocycles. The summed E-state index contributed by atoms with van der Waals surface area (Å²) in [5, 5.41) is 3.64. The first-order chi connectivity index (χ1) is 8.90. The van der Waals surface area contributed by atoms with E-state index >= 15 is 0 Å². The molecule has 0 bridgehead atoms. The van der Waals surface area contributed by atoms with E-state index in [4.69, 9.17) is 11.6 Å². The fraction of sp³-hybridized carbons (Fsp3) is 0.533. The number of hydrogen-bond acceptors (Lipinski definition) is 1. The van der Waals surface area contributed by atoms with Crippen LogP contribution in [0, 0.1) is 5.92 Å². The van der Waals surface area contributed by atoms with Crippen molar-refractivity contribution in [3.05, 3.63) is 33.3 Å². The maximum Gasteiger partial charge on any atom is 0.252 e. The summed E-state index contributed by atoms with van der Waals surface area (Å²) in [4.78, 5) is 12.1. The fourth-order valence-corrected chi connectivity index (χ4v) is 2.74. The van der Waals surface area contributed by atoms with Crippen LogP contribution in [0.4, 0.5) is 0 Å². The molecule has 0 fully saturated rings. The van der Waals surface area contributed by atoms with Crippen molar-refractivity contribution in [1.82, 2.24) is 5.32 Å². The molecular weight excluding hydrogens is 326 g/mol. The molecular formula is C15H21BrClNO. The maximum absolute atomic E-state index is 12.1. The lowest BCUT2D eigenvalue weighted by Crippen LogP contribution is -2.32. The smallest absolute Gasteiger partial charge is 0.252 e. The average molecular weight is 347 g/mol. The van der Waals surface area contributed by atoms with Gasteiger partial charge in [-0.15, -0.1) is 0 Å². The molecule has 2 nitrogen and oxygen atoms in total. The molecule has 1 aromatic rings. The van der Waals surface area contributed by atoms with E-state index in [2.05, 4.69) is 35.1 Å². The van der Waals surface area contributed by atoms with E-state index < -0.39 is 0 Å². The van der Waals surface area contributed by atoms with Gasteiger partial charge in [-0.2, -0.15) is 0 Å². The zero-order chi connectivity index (χ0) is 14.4. The highest BCUT2D eigenvalue weighted by Gasteiger charge is 2.13. The SMILES string of the molecule is CC(C)CCCC(C)NC(=O)c1ccc(Cl)cc1Br. The second kappa shape index (κ2) is 7.91. The molecule has 0 aliphatic carbocycles. The lowest BCUT2D eigenvalue weighted by atomic mass is 10.0. The molecule has 0 spiro atoms. The van der Waals surface area contributed by atoms with Crippen LogP contribution in [0.15, 0.2) is 22.7 Å². The molecule has 1 rings (SSSR count). The number of rotatable bonds is 6. The lowest BCUT2D eigenvalue weighted by Gasteiger charge is -2.15. The Morgan fingerprint density at radius 2 is 2.00 bits per heavy atom. The Hall–Kier alpha value is -0.540. The van der Waals surface area contributed by atoms with Gasteiger partial charge in [0.05, 0.1) is 5.56 Å². The van der Waals surface area contributed by atoms with Crippen LogP contribution in [0.3, 0.4) is 0 Å². The molecule has 0 radical (unpaired) electrons. The minimum Gasteiger partial charge on any atom is -0.350 e. The highest BCUT2D eigenvalue weighted by atomic mass is 79.9. The summed E-state index contributed by atoms with van der Waals surface area (Å²) in [6.07, 6.45) is 3.35. The van der Waals surface area contributed by atoms with E-state index in [0.29, 0.717) is 16.5 Å². The van der Waals surface area contributed by atoms with E-state index in [1.165, 1.54) is 6.42 Å². The van der Waals surface area contributed by atoms with E-state index in [-0.39, 0.29) is 11.9 Å². The van der Waals surface area contributed by atoms with Gasteiger partial charge < -0.3 is 5.32 Å². The molecule has 1 unspecified atom stereocenters. The van der Waals surface area contributed by atoms with Crippen LogP contribution in [-0.2, 0) is 0 Å². The van der Waals surface area contributed by atoms with Gasteiger partial charge in [0.1, 0.15) is 0 Å². The van der Waals surface area contributed by atoms with Gasteiger partial charge in [-0.3, -0.25) is 4.79 Å². The highest BCUT2D eigenvalue weighted by molar-refractivity contribution is 9.10. The van der Waals surface area contributed by atoms with Gasteiger partial charge in [0.15, 0.2) is 0 Å². The maximum atomic E-state index is 12.1. The van der Waals surface area contributed by atoms with Crippen LogP contribution in [-0.4, -0.2) is 11.9 Å². The standard InChI is InChI=1S/C15H21BrClNO/c1-10(2)5-4-6-11(3)18-15(19)13-8-7-12(17)9-14(13)16/h7-11H,4-6H2,1-3H3,(H,18,19). The van der Waals surface area contributed by atoms with Crippen LogP contribution < -0.4 is 5.32 Å².